The van der Waals surface area contributed by atoms with Gasteiger partial charge in [-0.3, -0.25) is 10.1 Å². The largest absolute Gasteiger partial charge is 0.378 e. The molecule has 0 aromatic heterocycles. The molecule has 0 spiro atoms. The topological polar surface area (TPSA) is 89.8 Å². The Balaban J connectivity index is 2.50. The summed E-state index contributed by atoms with van der Waals surface area (Å²) in [6, 6.07) is 3.64. The molecule has 0 N–H and O–H groups in total. The Labute approximate surface area is 114 Å². The fourth-order valence-corrected chi connectivity index (χ4v) is 2.96. The number of ether oxygens (including phenoxy) is 1. The molecule has 1 aromatic rings. The molecule has 1 aliphatic rings. The maximum Gasteiger partial charge on any atom is 0.270 e. The van der Waals surface area contributed by atoms with E-state index in [0.717, 1.165) is 6.07 Å². The maximum absolute atomic E-state index is 11.6. The number of rotatable bonds is 3. The summed E-state index contributed by atoms with van der Waals surface area (Å²) in [7, 11) is 1.30. The molecular weight excluding hydrogens is 296 g/mol. The molecule has 1 heterocycles. The Hall–Kier alpha value is -1.38. The third kappa shape index (κ3) is 3.14. The van der Waals surface area contributed by atoms with Gasteiger partial charge in [-0.25, -0.2) is 8.42 Å². The highest BCUT2D eigenvalue weighted by atomic mass is 35.7. The number of benzene rings is 1. The zero-order chi connectivity index (χ0) is 14.0. The van der Waals surface area contributed by atoms with Crippen LogP contribution in [0, 0.1) is 10.1 Å². The van der Waals surface area contributed by atoms with Gasteiger partial charge in [0.2, 0.25) is 0 Å². The van der Waals surface area contributed by atoms with Gasteiger partial charge in [0, 0.05) is 35.9 Å². The third-order valence-electron chi connectivity index (χ3n) is 2.77. The van der Waals surface area contributed by atoms with Crippen LogP contribution >= 0.6 is 10.7 Å². The van der Waals surface area contributed by atoms with E-state index < -0.39 is 14.0 Å². The molecule has 19 heavy (non-hydrogen) atoms. The molecule has 0 amide bonds. The number of hydrogen-bond donors (Lipinski definition) is 0. The second kappa shape index (κ2) is 5.32. The number of nitrogens with zero attached hydrogens (tertiary/aromatic N) is 2. The van der Waals surface area contributed by atoms with Crippen LogP contribution in [0.5, 0.6) is 0 Å². The Kier molecular flexibility index (Phi) is 3.93. The zero-order valence-corrected chi connectivity index (χ0v) is 11.4. The molecule has 0 aliphatic carbocycles. The van der Waals surface area contributed by atoms with E-state index in [2.05, 4.69) is 0 Å². The van der Waals surface area contributed by atoms with Crippen molar-refractivity contribution in [1.82, 2.24) is 0 Å². The normalized spacial score (nSPS) is 16.4. The first-order valence-electron chi connectivity index (χ1n) is 5.45. The van der Waals surface area contributed by atoms with Crippen molar-refractivity contribution in [3.05, 3.63) is 28.3 Å². The average Bonchev–Trinajstić information content (AvgIpc) is 2.38. The van der Waals surface area contributed by atoms with Crippen molar-refractivity contribution < 1.29 is 18.1 Å². The highest BCUT2D eigenvalue weighted by Gasteiger charge is 2.24. The van der Waals surface area contributed by atoms with Crippen molar-refractivity contribution in [2.24, 2.45) is 0 Å². The predicted molar refractivity (Wildman–Crippen MR) is 69.2 cm³/mol. The fraction of sp³-hybridized carbons (Fsp3) is 0.400. The lowest BCUT2D eigenvalue weighted by Gasteiger charge is -2.29. The molecule has 0 radical (unpaired) electrons. The Morgan fingerprint density at radius 3 is 2.47 bits per heavy atom. The molecule has 0 bridgehead atoms. The first-order valence-corrected chi connectivity index (χ1v) is 7.76. The molecule has 0 unspecified atom stereocenters. The van der Waals surface area contributed by atoms with E-state index in [0.29, 0.717) is 32.0 Å². The summed E-state index contributed by atoms with van der Waals surface area (Å²) >= 11 is 0. The first-order chi connectivity index (χ1) is 8.89. The number of halogens is 1. The minimum atomic E-state index is -4.05. The summed E-state index contributed by atoms with van der Waals surface area (Å²) in [5, 5.41) is 10.7. The Bertz CT molecular complexity index is 598. The number of anilines is 1. The van der Waals surface area contributed by atoms with Gasteiger partial charge in [-0.1, -0.05) is 0 Å². The monoisotopic (exact) mass is 306 g/mol. The molecule has 1 aliphatic heterocycles. The van der Waals surface area contributed by atoms with Crippen molar-refractivity contribution >= 4 is 31.1 Å². The lowest BCUT2D eigenvalue weighted by Crippen LogP contribution is -2.36. The predicted octanol–water partition coefficient (Wildman–Crippen LogP) is 1.36. The van der Waals surface area contributed by atoms with Crippen molar-refractivity contribution in [2.45, 2.75) is 4.90 Å². The van der Waals surface area contributed by atoms with E-state index in [4.69, 9.17) is 15.4 Å². The molecular formula is C10H11ClN2O5S. The van der Waals surface area contributed by atoms with Crippen molar-refractivity contribution in [3.8, 4) is 0 Å². The molecule has 1 saturated heterocycles. The molecule has 2 rings (SSSR count). The van der Waals surface area contributed by atoms with Crippen LogP contribution in [0.4, 0.5) is 11.4 Å². The standard InChI is InChI=1S/C10H11ClN2O5S/c11-19(16,17)10-7-8(13(14)15)1-2-9(10)12-3-5-18-6-4-12/h1-2,7H,3-6H2. The van der Waals surface area contributed by atoms with Crippen LogP contribution in [0.25, 0.3) is 0 Å². The zero-order valence-electron chi connectivity index (χ0n) is 9.78. The lowest BCUT2D eigenvalue weighted by molar-refractivity contribution is -0.385. The van der Waals surface area contributed by atoms with Crippen LogP contribution in [0.1, 0.15) is 0 Å². The molecule has 1 aromatic carbocycles. The van der Waals surface area contributed by atoms with Crippen molar-refractivity contribution in [2.75, 3.05) is 31.2 Å². The second-order valence-electron chi connectivity index (χ2n) is 3.95. The van der Waals surface area contributed by atoms with Gasteiger partial charge in [0.1, 0.15) is 4.90 Å². The van der Waals surface area contributed by atoms with Gasteiger partial charge in [-0.15, -0.1) is 0 Å². The van der Waals surface area contributed by atoms with Gasteiger partial charge in [0.15, 0.2) is 0 Å². The van der Waals surface area contributed by atoms with Crippen LogP contribution in [-0.2, 0) is 13.8 Å². The Morgan fingerprint density at radius 2 is 1.95 bits per heavy atom. The summed E-state index contributed by atoms with van der Waals surface area (Å²) in [5.74, 6) is 0. The van der Waals surface area contributed by atoms with E-state index in [1.54, 1.807) is 4.90 Å². The van der Waals surface area contributed by atoms with Gasteiger partial charge in [0.25, 0.3) is 14.7 Å². The Morgan fingerprint density at radius 1 is 1.32 bits per heavy atom. The third-order valence-corrected chi connectivity index (χ3v) is 4.12. The van der Waals surface area contributed by atoms with Crippen molar-refractivity contribution in [3.63, 3.8) is 0 Å². The van der Waals surface area contributed by atoms with Crippen LogP contribution in [-0.4, -0.2) is 39.6 Å². The number of non-ortho nitro benzene ring substituents is 1. The van der Waals surface area contributed by atoms with Gasteiger partial charge in [-0.2, -0.15) is 0 Å². The van der Waals surface area contributed by atoms with E-state index in [1.165, 1.54) is 12.1 Å². The maximum atomic E-state index is 11.6. The molecule has 9 heteroatoms. The number of hydrogen-bond acceptors (Lipinski definition) is 6. The van der Waals surface area contributed by atoms with Gasteiger partial charge in [0.05, 0.1) is 23.8 Å². The smallest absolute Gasteiger partial charge is 0.270 e. The summed E-state index contributed by atoms with van der Waals surface area (Å²) in [4.78, 5) is 11.6. The number of nitro benzene ring substituents is 1. The first kappa shape index (κ1) is 14.0. The molecule has 0 saturated carbocycles. The summed E-state index contributed by atoms with van der Waals surface area (Å²) < 4.78 is 28.3. The highest BCUT2D eigenvalue weighted by molar-refractivity contribution is 8.13. The molecule has 0 atom stereocenters. The number of nitro groups is 1. The minimum Gasteiger partial charge on any atom is -0.378 e. The van der Waals surface area contributed by atoms with Crippen molar-refractivity contribution in [1.29, 1.82) is 0 Å². The quantitative estimate of drug-likeness (QED) is 0.476. The fourth-order valence-electron chi connectivity index (χ4n) is 1.88. The van der Waals surface area contributed by atoms with Crippen LogP contribution in [0.2, 0.25) is 0 Å². The minimum absolute atomic E-state index is 0.245. The number of morpholine rings is 1. The second-order valence-corrected chi connectivity index (χ2v) is 6.48. The highest BCUT2D eigenvalue weighted by Crippen LogP contribution is 2.32. The van der Waals surface area contributed by atoms with Crippen LogP contribution in [0.15, 0.2) is 23.1 Å². The van der Waals surface area contributed by atoms with Crippen LogP contribution < -0.4 is 4.90 Å². The SMILES string of the molecule is O=[N+]([O-])c1ccc(N2CCOCC2)c(S(=O)(=O)Cl)c1. The molecule has 104 valence electrons. The molecule has 1 fully saturated rings. The summed E-state index contributed by atoms with van der Waals surface area (Å²) in [5.41, 5.74) is 0.0557. The van der Waals surface area contributed by atoms with E-state index in [9.17, 15) is 18.5 Å². The van der Waals surface area contributed by atoms with Gasteiger partial charge in [-0.05, 0) is 6.07 Å². The summed E-state index contributed by atoms with van der Waals surface area (Å²) in [6.45, 7) is 1.96. The van der Waals surface area contributed by atoms with E-state index in [-0.39, 0.29) is 10.6 Å². The molecule has 7 nitrogen and oxygen atoms in total. The lowest BCUT2D eigenvalue weighted by atomic mass is 10.2. The average molecular weight is 307 g/mol. The van der Waals surface area contributed by atoms with Crippen LogP contribution in [0.3, 0.4) is 0 Å². The van der Waals surface area contributed by atoms with E-state index in [1.807, 2.05) is 0 Å². The van der Waals surface area contributed by atoms with Gasteiger partial charge >= 0.3 is 0 Å². The van der Waals surface area contributed by atoms with E-state index >= 15 is 0 Å². The summed E-state index contributed by atoms with van der Waals surface area (Å²) in [6.07, 6.45) is 0. The van der Waals surface area contributed by atoms with Gasteiger partial charge < -0.3 is 9.64 Å².